The number of piperazine rings is 1. The van der Waals surface area contributed by atoms with Crippen molar-refractivity contribution in [3.05, 3.63) is 11.6 Å². The van der Waals surface area contributed by atoms with Crippen LogP contribution in [0.1, 0.15) is 26.2 Å². The molecule has 7 heteroatoms. The van der Waals surface area contributed by atoms with Crippen LogP contribution in [-0.2, 0) is 0 Å². The molecule has 0 bridgehead atoms. The standard InChI is InChI=1S/C14H23N5S.HI/c1-14(3-2-4-14)11-17-12(15)18-6-8-19(9-7-18)13-16-5-10-20-13;/h5,10H,2-4,6-9,11H2,1H3,(H2,15,17);1H. The van der Waals surface area contributed by atoms with Gasteiger partial charge in [0.2, 0.25) is 0 Å². The second kappa shape index (κ2) is 7.13. The maximum atomic E-state index is 6.14. The fourth-order valence-electron chi connectivity index (χ4n) is 2.81. The fourth-order valence-corrected chi connectivity index (χ4v) is 3.51. The zero-order chi connectivity index (χ0) is 14.0. The number of nitrogens with zero attached hydrogens (tertiary/aromatic N) is 4. The van der Waals surface area contributed by atoms with E-state index in [9.17, 15) is 0 Å². The maximum absolute atomic E-state index is 6.14. The first-order chi connectivity index (χ1) is 9.66. The SMILES string of the molecule is CC1(CN=C(N)N2CCN(c3nccs3)CC2)CCC1.I. The number of hydrogen-bond donors (Lipinski definition) is 1. The van der Waals surface area contributed by atoms with E-state index in [4.69, 9.17) is 5.73 Å². The molecule has 0 amide bonds. The first kappa shape index (κ1) is 16.8. The second-order valence-corrected chi connectivity index (χ2v) is 7.00. The average Bonchev–Trinajstić information content (AvgIpc) is 2.97. The highest BCUT2D eigenvalue weighted by atomic mass is 127. The van der Waals surface area contributed by atoms with Gasteiger partial charge in [0.05, 0.1) is 0 Å². The van der Waals surface area contributed by atoms with E-state index in [-0.39, 0.29) is 24.0 Å². The first-order valence-electron chi connectivity index (χ1n) is 7.36. The number of guanidine groups is 1. The molecule has 1 aliphatic heterocycles. The third-order valence-electron chi connectivity index (χ3n) is 4.48. The van der Waals surface area contributed by atoms with Gasteiger partial charge in [-0.1, -0.05) is 13.3 Å². The highest BCUT2D eigenvalue weighted by molar-refractivity contribution is 14.0. The lowest BCUT2D eigenvalue weighted by molar-refractivity contribution is 0.173. The first-order valence-corrected chi connectivity index (χ1v) is 8.24. The molecule has 2 fully saturated rings. The van der Waals surface area contributed by atoms with Gasteiger partial charge >= 0.3 is 0 Å². The summed E-state index contributed by atoms with van der Waals surface area (Å²) < 4.78 is 0. The van der Waals surface area contributed by atoms with Gasteiger partial charge in [-0.25, -0.2) is 4.98 Å². The Hall–Kier alpha value is -0.570. The molecule has 118 valence electrons. The maximum Gasteiger partial charge on any atom is 0.191 e. The Morgan fingerprint density at radius 1 is 1.38 bits per heavy atom. The van der Waals surface area contributed by atoms with Gasteiger partial charge in [-0.15, -0.1) is 35.3 Å². The zero-order valence-electron chi connectivity index (χ0n) is 12.5. The number of rotatable bonds is 3. The molecule has 0 unspecified atom stereocenters. The molecule has 1 aliphatic carbocycles. The average molecular weight is 421 g/mol. The normalized spacial score (nSPS) is 21.7. The van der Waals surface area contributed by atoms with E-state index in [2.05, 4.69) is 26.7 Å². The van der Waals surface area contributed by atoms with Crippen LogP contribution >= 0.6 is 35.3 Å². The Morgan fingerprint density at radius 3 is 2.62 bits per heavy atom. The summed E-state index contributed by atoms with van der Waals surface area (Å²) in [6, 6.07) is 0. The lowest BCUT2D eigenvalue weighted by Crippen LogP contribution is -2.51. The van der Waals surface area contributed by atoms with E-state index in [1.54, 1.807) is 11.3 Å². The Morgan fingerprint density at radius 2 is 2.10 bits per heavy atom. The van der Waals surface area contributed by atoms with Crippen molar-refractivity contribution in [2.24, 2.45) is 16.1 Å². The second-order valence-electron chi connectivity index (χ2n) is 6.13. The molecule has 0 atom stereocenters. The zero-order valence-corrected chi connectivity index (χ0v) is 15.6. The van der Waals surface area contributed by atoms with Crippen LogP contribution in [0.15, 0.2) is 16.6 Å². The Bertz CT molecular complexity index is 464. The largest absolute Gasteiger partial charge is 0.370 e. The molecule has 0 aromatic carbocycles. The van der Waals surface area contributed by atoms with Crippen molar-refractivity contribution in [1.29, 1.82) is 0 Å². The number of hydrogen-bond acceptors (Lipinski definition) is 4. The van der Waals surface area contributed by atoms with E-state index >= 15 is 0 Å². The summed E-state index contributed by atoms with van der Waals surface area (Å²) in [6.45, 7) is 7.01. The van der Waals surface area contributed by atoms with Crippen LogP contribution in [-0.4, -0.2) is 48.6 Å². The molecule has 2 aliphatic rings. The van der Waals surface area contributed by atoms with Gasteiger partial charge in [0.1, 0.15) is 0 Å². The molecule has 3 rings (SSSR count). The number of nitrogens with two attached hydrogens (primary N) is 1. The van der Waals surface area contributed by atoms with E-state index in [0.717, 1.165) is 43.8 Å². The summed E-state index contributed by atoms with van der Waals surface area (Å²) in [7, 11) is 0. The third kappa shape index (κ3) is 4.00. The summed E-state index contributed by atoms with van der Waals surface area (Å²) in [5.41, 5.74) is 6.55. The van der Waals surface area contributed by atoms with Gasteiger partial charge in [-0.2, -0.15) is 0 Å². The van der Waals surface area contributed by atoms with Crippen molar-refractivity contribution in [2.75, 3.05) is 37.6 Å². The Labute approximate surface area is 147 Å². The van der Waals surface area contributed by atoms with Crippen molar-refractivity contribution in [3.8, 4) is 0 Å². The molecular weight excluding hydrogens is 397 g/mol. The predicted molar refractivity (Wildman–Crippen MR) is 99.8 cm³/mol. The quantitative estimate of drug-likeness (QED) is 0.463. The van der Waals surface area contributed by atoms with Crippen molar-refractivity contribution in [2.45, 2.75) is 26.2 Å². The van der Waals surface area contributed by atoms with E-state index in [0.29, 0.717) is 5.41 Å². The number of halogens is 1. The Kier molecular flexibility index (Phi) is 5.70. The smallest absolute Gasteiger partial charge is 0.191 e. The lowest BCUT2D eigenvalue weighted by Gasteiger charge is -2.38. The highest BCUT2D eigenvalue weighted by Crippen LogP contribution is 2.40. The molecule has 0 spiro atoms. The van der Waals surface area contributed by atoms with Gasteiger partial charge < -0.3 is 15.5 Å². The minimum atomic E-state index is 0. The van der Waals surface area contributed by atoms with E-state index in [1.807, 2.05) is 11.6 Å². The molecule has 1 aromatic heterocycles. The van der Waals surface area contributed by atoms with Gasteiger partial charge in [0, 0.05) is 44.3 Å². The van der Waals surface area contributed by atoms with Gasteiger partial charge in [-0.05, 0) is 18.3 Å². The van der Waals surface area contributed by atoms with E-state index < -0.39 is 0 Å². The van der Waals surface area contributed by atoms with Crippen molar-refractivity contribution in [3.63, 3.8) is 0 Å². The number of thiazole rings is 1. The summed E-state index contributed by atoms with van der Waals surface area (Å²) in [5.74, 6) is 0.719. The highest BCUT2D eigenvalue weighted by Gasteiger charge is 2.31. The molecule has 21 heavy (non-hydrogen) atoms. The molecule has 1 saturated carbocycles. The molecule has 1 aromatic rings. The van der Waals surface area contributed by atoms with Crippen LogP contribution in [0.25, 0.3) is 0 Å². The van der Waals surface area contributed by atoms with Gasteiger partial charge in [-0.3, -0.25) is 4.99 Å². The minimum Gasteiger partial charge on any atom is -0.370 e. The topological polar surface area (TPSA) is 57.8 Å². The van der Waals surface area contributed by atoms with Crippen molar-refractivity contribution in [1.82, 2.24) is 9.88 Å². The van der Waals surface area contributed by atoms with Gasteiger partial charge in [0.25, 0.3) is 0 Å². The summed E-state index contributed by atoms with van der Waals surface area (Å²) in [4.78, 5) is 13.5. The van der Waals surface area contributed by atoms with Crippen LogP contribution in [0, 0.1) is 5.41 Å². The third-order valence-corrected chi connectivity index (χ3v) is 5.31. The van der Waals surface area contributed by atoms with Crippen LogP contribution in [0.4, 0.5) is 5.13 Å². The molecular formula is C14H24IN5S. The number of aliphatic imine (C=N–C) groups is 1. The fraction of sp³-hybridized carbons (Fsp3) is 0.714. The monoisotopic (exact) mass is 421 g/mol. The molecule has 0 radical (unpaired) electrons. The minimum absolute atomic E-state index is 0. The van der Waals surface area contributed by atoms with Crippen LogP contribution in [0.5, 0.6) is 0 Å². The van der Waals surface area contributed by atoms with Crippen LogP contribution in [0.3, 0.4) is 0 Å². The number of anilines is 1. The lowest BCUT2D eigenvalue weighted by atomic mass is 9.71. The van der Waals surface area contributed by atoms with E-state index in [1.165, 1.54) is 19.3 Å². The molecule has 1 saturated heterocycles. The Balaban J connectivity index is 0.00000161. The molecule has 5 nitrogen and oxygen atoms in total. The van der Waals surface area contributed by atoms with Crippen molar-refractivity contribution >= 4 is 46.4 Å². The van der Waals surface area contributed by atoms with Gasteiger partial charge in [0.15, 0.2) is 11.1 Å². The molecule has 2 N–H and O–H groups in total. The summed E-state index contributed by atoms with van der Waals surface area (Å²) >= 11 is 1.70. The predicted octanol–water partition coefficient (Wildman–Crippen LogP) is 2.39. The number of aromatic nitrogens is 1. The van der Waals surface area contributed by atoms with Crippen molar-refractivity contribution < 1.29 is 0 Å². The van der Waals surface area contributed by atoms with Crippen LogP contribution < -0.4 is 10.6 Å². The summed E-state index contributed by atoms with van der Waals surface area (Å²) in [6.07, 6.45) is 5.79. The molecule has 2 heterocycles. The van der Waals surface area contributed by atoms with Crippen LogP contribution in [0.2, 0.25) is 0 Å². The summed E-state index contributed by atoms with van der Waals surface area (Å²) in [5, 5.41) is 3.14.